The Hall–Kier alpha value is -2.31. The van der Waals surface area contributed by atoms with Gasteiger partial charge in [0, 0.05) is 18.8 Å². The van der Waals surface area contributed by atoms with E-state index in [-0.39, 0.29) is 0 Å². The Bertz CT molecular complexity index is 597. The average molecular weight is 444 g/mol. The first-order chi connectivity index (χ1) is 15.5. The fourth-order valence-electron chi connectivity index (χ4n) is 2.40. The third-order valence-corrected chi connectivity index (χ3v) is 3.91. The van der Waals surface area contributed by atoms with Gasteiger partial charge in [-0.3, -0.25) is 4.90 Å². The molecule has 3 nitrogen and oxygen atoms in total. The first-order valence-electron chi connectivity index (χ1n) is 12.5. The van der Waals surface area contributed by atoms with Crippen LogP contribution in [0.5, 0.6) is 0 Å². The van der Waals surface area contributed by atoms with Crippen LogP contribution in [-0.4, -0.2) is 23.5 Å². The molecule has 0 aromatic heterocycles. The van der Waals surface area contributed by atoms with Crippen molar-refractivity contribution in [2.45, 2.75) is 94.7 Å². The van der Waals surface area contributed by atoms with E-state index in [2.05, 4.69) is 54.1 Å². The average Bonchev–Trinajstić information content (AvgIpc) is 2.87. The zero-order valence-electron chi connectivity index (χ0n) is 23.1. The Balaban J connectivity index is -0.000000439. The highest BCUT2D eigenvalue weighted by Crippen LogP contribution is 2.14. The van der Waals surface area contributed by atoms with Crippen molar-refractivity contribution in [3.63, 3.8) is 0 Å². The first-order valence-corrected chi connectivity index (χ1v) is 12.5. The summed E-state index contributed by atoms with van der Waals surface area (Å²) in [7, 11) is 0. The van der Waals surface area contributed by atoms with Crippen molar-refractivity contribution in [2.75, 3.05) is 13.1 Å². The lowest BCUT2D eigenvalue weighted by atomic mass is 9.98. The second-order valence-electron chi connectivity index (χ2n) is 6.08. The van der Waals surface area contributed by atoms with Crippen molar-refractivity contribution in [1.82, 2.24) is 10.2 Å². The van der Waals surface area contributed by atoms with Crippen LogP contribution in [-0.2, 0) is 6.54 Å². The molecule has 1 aromatic carbocycles. The summed E-state index contributed by atoms with van der Waals surface area (Å²) >= 11 is 0. The van der Waals surface area contributed by atoms with Crippen LogP contribution in [0.1, 0.15) is 88.1 Å². The van der Waals surface area contributed by atoms with Crippen LogP contribution in [0.15, 0.2) is 66.9 Å². The summed E-state index contributed by atoms with van der Waals surface area (Å²) in [5.74, 6) is 0. The van der Waals surface area contributed by atoms with Gasteiger partial charge < -0.3 is 5.32 Å². The first kappa shape index (κ1) is 37.0. The number of nitriles is 1. The van der Waals surface area contributed by atoms with Gasteiger partial charge in [-0.1, -0.05) is 117 Å². The summed E-state index contributed by atoms with van der Waals surface area (Å²) in [6.07, 6.45) is 8.43. The lowest BCUT2D eigenvalue weighted by Crippen LogP contribution is -2.42. The van der Waals surface area contributed by atoms with Crippen LogP contribution >= 0.6 is 0 Å². The molecule has 0 aliphatic rings. The lowest BCUT2D eigenvalue weighted by molar-refractivity contribution is 0.253. The standard InChI is InChI=1S/C21H29N3.4C2H6/c1-5-7-9-12-19(3)23-21(4,18-22)15-16-24(6-2)17-20-13-10-8-11-14-20;4*1-2/h5,7-14,23H,3,6,15-17H2,1-2,4H3;4*1-2H3/b7-5-,12-9-;;;;. The fraction of sp³-hybridized carbons (Fsp3) is 0.552. The molecule has 1 atom stereocenters. The van der Waals surface area contributed by atoms with E-state index >= 15 is 0 Å². The number of nitrogens with one attached hydrogen (secondary N) is 1. The molecular formula is C29H53N3. The lowest BCUT2D eigenvalue weighted by Gasteiger charge is -2.28. The number of allylic oxidation sites excluding steroid dienone is 4. The second-order valence-corrected chi connectivity index (χ2v) is 6.08. The van der Waals surface area contributed by atoms with Gasteiger partial charge in [-0.15, -0.1) is 0 Å². The van der Waals surface area contributed by atoms with Crippen LogP contribution in [0.25, 0.3) is 0 Å². The van der Waals surface area contributed by atoms with Crippen LogP contribution in [0.4, 0.5) is 0 Å². The summed E-state index contributed by atoms with van der Waals surface area (Å²) in [5.41, 5.74) is 1.43. The molecule has 1 rings (SSSR count). The Morgan fingerprint density at radius 1 is 1.03 bits per heavy atom. The Labute approximate surface area is 201 Å². The smallest absolute Gasteiger partial charge is 0.123 e. The van der Waals surface area contributed by atoms with Crippen molar-refractivity contribution in [3.8, 4) is 6.07 Å². The highest BCUT2D eigenvalue weighted by molar-refractivity contribution is 5.22. The van der Waals surface area contributed by atoms with Gasteiger partial charge in [-0.2, -0.15) is 5.26 Å². The molecule has 0 saturated carbocycles. The number of hydrogen-bond donors (Lipinski definition) is 1. The van der Waals surface area contributed by atoms with Crippen LogP contribution in [0, 0.1) is 11.3 Å². The monoisotopic (exact) mass is 443 g/mol. The highest BCUT2D eigenvalue weighted by atomic mass is 15.1. The quantitative estimate of drug-likeness (QED) is 0.368. The summed E-state index contributed by atoms with van der Waals surface area (Å²) in [4.78, 5) is 2.35. The normalized spacial score (nSPS) is 11.2. The molecule has 3 heteroatoms. The van der Waals surface area contributed by atoms with Gasteiger partial charge in [-0.25, -0.2) is 0 Å². The minimum Gasteiger partial charge on any atom is -0.368 e. The van der Waals surface area contributed by atoms with E-state index < -0.39 is 5.54 Å². The maximum absolute atomic E-state index is 9.57. The molecule has 0 bridgehead atoms. The minimum absolute atomic E-state index is 0.624. The Kier molecular flexibility index (Phi) is 33.2. The van der Waals surface area contributed by atoms with Gasteiger partial charge in [0.1, 0.15) is 5.54 Å². The van der Waals surface area contributed by atoms with Crippen LogP contribution in [0.2, 0.25) is 0 Å². The molecule has 0 saturated heterocycles. The number of hydrogen-bond acceptors (Lipinski definition) is 3. The molecule has 1 N–H and O–H groups in total. The SMILES string of the molecule is C=C(/C=C\C=C/C)NC(C)(C#N)CCN(CC)Cc1ccccc1.CC.CC.CC.CC. The molecule has 184 valence electrons. The summed E-state index contributed by atoms with van der Waals surface area (Å²) in [5, 5.41) is 12.8. The number of rotatable bonds is 10. The van der Waals surface area contributed by atoms with E-state index in [4.69, 9.17) is 0 Å². The summed E-state index contributed by atoms with van der Waals surface area (Å²) < 4.78 is 0. The molecule has 0 heterocycles. The number of nitrogens with zero attached hydrogens (tertiary/aromatic N) is 2. The van der Waals surface area contributed by atoms with Crippen LogP contribution < -0.4 is 5.32 Å². The minimum atomic E-state index is -0.624. The fourth-order valence-corrected chi connectivity index (χ4v) is 2.40. The van der Waals surface area contributed by atoms with Gasteiger partial charge in [0.25, 0.3) is 0 Å². The predicted molar refractivity (Wildman–Crippen MR) is 148 cm³/mol. The van der Waals surface area contributed by atoms with Gasteiger partial charge >= 0.3 is 0 Å². The molecule has 0 amide bonds. The van der Waals surface area contributed by atoms with Gasteiger partial charge in [0.05, 0.1) is 6.07 Å². The van der Waals surface area contributed by atoms with Crippen molar-refractivity contribution in [1.29, 1.82) is 5.26 Å². The van der Waals surface area contributed by atoms with Gasteiger partial charge in [-0.05, 0) is 38.5 Å². The third-order valence-electron chi connectivity index (χ3n) is 3.91. The van der Waals surface area contributed by atoms with E-state index in [0.717, 1.165) is 31.8 Å². The molecule has 0 fully saturated rings. The molecule has 1 aromatic rings. The zero-order valence-corrected chi connectivity index (χ0v) is 23.1. The second kappa shape index (κ2) is 28.7. The number of benzene rings is 1. The van der Waals surface area contributed by atoms with Crippen molar-refractivity contribution in [2.24, 2.45) is 0 Å². The molecule has 1 unspecified atom stereocenters. The molecule has 32 heavy (non-hydrogen) atoms. The molecular weight excluding hydrogens is 390 g/mol. The van der Waals surface area contributed by atoms with Crippen molar-refractivity contribution >= 4 is 0 Å². The largest absolute Gasteiger partial charge is 0.368 e. The predicted octanol–water partition coefficient (Wildman–Crippen LogP) is 8.52. The molecule has 0 aliphatic carbocycles. The van der Waals surface area contributed by atoms with Gasteiger partial charge in [0.15, 0.2) is 0 Å². The molecule has 0 spiro atoms. The topological polar surface area (TPSA) is 39.1 Å². The summed E-state index contributed by atoms with van der Waals surface area (Å²) in [6, 6.07) is 12.8. The van der Waals surface area contributed by atoms with E-state index in [1.165, 1.54) is 5.56 Å². The van der Waals surface area contributed by atoms with E-state index in [0.29, 0.717) is 0 Å². The third kappa shape index (κ3) is 20.9. The van der Waals surface area contributed by atoms with E-state index in [1.54, 1.807) is 0 Å². The Morgan fingerprint density at radius 2 is 1.56 bits per heavy atom. The maximum Gasteiger partial charge on any atom is 0.123 e. The molecule has 0 radical (unpaired) electrons. The van der Waals surface area contributed by atoms with E-state index in [1.807, 2.05) is 99.6 Å². The van der Waals surface area contributed by atoms with Gasteiger partial charge in [0.2, 0.25) is 0 Å². The summed E-state index contributed by atoms with van der Waals surface area (Å²) in [6.45, 7) is 28.7. The molecule has 0 aliphatic heterocycles. The van der Waals surface area contributed by atoms with Crippen molar-refractivity contribution < 1.29 is 0 Å². The highest BCUT2D eigenvalue weighted by Gasteiger charge is 2.24. The Morgan fingerprint density at radius 3 is 2.00 bits per heavy atom. The van der Waals surface area contributed by atoms with E-state index in [9.17, 15) is 5.26 Å². The maximum atomic E-state index is 9.57. The van der Waals surface area contributed by atoms with Crippen LogP contribution in [0.3, 0.4) is 0 Å². The zero-order chi connectivity index (χ0) is 25.8. The van der Waals surface area contributed by atoms with Crippen molar-refractivity contribution in [3.05, 3.63) is 72.5 Å².